The predicted octanol–water partition coefficient (Wildman–Crippen LogP) is 1.30. The second kappa shape index (κ2) is 6.79. The third-order valence-corrected chi connectivity index (χ3v) is 6.37. The Morgan fingerprint density at radius 1 is 1.52 bits per heavy atom. The van der Waals surface area contributed by atoms with Crippen LogP contribution in [0.2, 0.25) is 0 Å². The smallest absolute Gasteiger partial charge is 0.246 e. The molecular weight excluding hydrogens is 313 g/mol. The molecule has 0 radical (unpaired) electrons. The molecule has 1 aliphatic rings. The fourth-order valence-electron chi connectivity index (χ4n) is 2.12. The summed E-state index contributed by atoms with van der Waals surface area (Å²) in [6.07, 6.45) is 0. The topological polar surface area (TPSA) is 57.6 Å². The lowest BCUT2D eigenvalue weighted by atomic mass is 10.2. The van der Waals surface area contributed by atoms with Crippen LogP contribution in [0.3, 0.4) is 0 Å². The molecule has 114 valence electrons. The van der Waals surface area contributed by atoms with E-state index in [1.54, 1.807) is 11.8 Å². The second-order valence-electron chi connectivity index (χ2n) is 4.64. The molecule has 21 heavy (non-hydrogen) atoms. The molecule has 1 atom stereocenters. The molecule has 1 saturated heterocycles. The van der Waals surface area contributed by atoms with Crippen LogP contribution in [-0.2, 0) is 10.0 Å². The molecule has 1 heterocycles. The van der Waals surface area contributed by atoms with Crippen LogP contribution in [0.5, 0.6) is 0 Å². The molecule has 1 aliphatic heterocycles. The lowest BCUT2D eigenvalue weighted by Crippen LogP contribution is -2.44. The Hall–Kier alpha value is -1.07. The summed E-state index contributed by atoms with van der Waals surface area (Å²) < 4.78 is 40.6. The Labute approximate surface area is 128 Å². The van der Waals surface area contributed by atoms with Crippen molar-refractivity contribution >= 4 is 21.8 Å². The number of nitrogens with zero attached hydrogens (tertiary/aromatic N) is 1. The van der Waals surface area contributed by atoms with E-state index in [4.69, 9.17) is 5.11 Å². The van der Waals surface area contributed by atoms with Crippen LogP contribution in [0.25, 0.3) is 0 Å². The highest BCUT2D eigenvalue weighted by Gasteiger charge is 2.33. The highest BCUT2D eigenvalue weighted by Crippen LogP contribution is 2.26. The highest BCUT2D eigenvalue weighted by molar-refractivity contribution is 7.99. The van der Waals surface area contributed by atoms with Crippen LogP contribution in [0.4, 0.5) is 4.39 Å². The van der Waals surface area contributed by atoms with Gasteiger partial charge in [-0.3, -0.25) is 0 Å². The summed E-state index contributed by atoms with van der Waals surface area (Å²) in [5.74, 6) is 5.56. The van der Waals surface area contributed by atoms with Gasteiger partial charge in [-0.05, 0) is 25.1 Å². The van der Waals surface area contributed by atoms with Gasteiger partial charge in [0.2, 0.25) is 10.0 Å². The molecule has 1 unspecified atom stereocenters. The van der Waals surface area contributed by atoms with Gasteiger partial charge in [0.1, 0.15) is 17.3 Å². The Morgan fingerprint density at radius 3 is 2.90 bits per heavy atom. The van der Waals surface area contributed by atoms with E-state index in [0.717, 1.165) is 6.07 Å². The minimum Gasteiger partial charge on any atom is -0.384 e. The molecule has 1 N–H and O–H groups in total. The van der Waals surface area contributed by atoms with Crippen LogP contribution in [0, 0.1) is 17.7 Å². The first-order chi connectivity index (χ1) is 9.96. The van der Waals surface area contributed by atoms with Gasteiger partial charge in [-0.1, -0.05) is 11.8 Å². The van der Waals surface area contributed by atoms with Crippen molar-refractivity contribution in [3.63, 3.8) is 0 Å². The van der Waals surface area contributed by atoms with Gasteiger partial charge in [-0.2, -0.15) is 16.1 Å². The number of hydrogen-bond donors (Lipinski definition) is 1. The van der Waals surface area contributed by atoms with Crippen LogP contribution < -0.4 is 0 Å². The van der Waals surface area contributed by atoms with Crippen molar-refractivity contribution in [3.05, 3.63) is 29.6 Å². The molecule has 1 fully saturated rings. The Balaban J connectivity index is 2.36. The first kappa shape index (κ1) is 16.3. The highest BCUT2D eigenvalue weighted by atomic mass is 32.2. The molecule has 0 aromatic heterocycles. The summed E-state index contributed by atoms with van der Waals surface area (Å²) in [5, 5.41) is 8.61. The number of aliphatic hydroxyl groups excluding tert-OH is 1. The average Bonchev–Trinajstić information content (AvgIpc) is 2.45. The standard InChI is InChI=1S/C14H16FNO3S2/c1-11-10-20-8-6-16(11)21(18,19)14-5-4-12(3-2-7-17)9-13(14)15/h4-5,9,11,17H,6-8,10H2,1H3. The maximum Gasteiger partial charge on any atom is 0.246 e. The van der Waals surface area contributed by atoms with Gasteiger partial charge in [0.05, 0.1) is 0 Å². The third-order valence-electron chi connectivity index (χ3n) is 3.14. The SMILES string of the molecule is CC1CSCCN1S(=O)(=O)c1ccc(C#CCO)cc1F. The Kier molecular flexibility index (Phi) is 5.27. The number of halogens is 1. The van der Waals surface area contributed by atoms with Crippen molar-refractivity contribution in [3.8, 4) is 11.8 Å². The summed E-state index contributed by atoms with van der Waals surface area (Å²) in [7, 11) is -3.83. The van der Waals surface area contributed by atoms with E-state index < -0.39 is 15.8 Å². The summed E-state index contributed by atoms with van der Waals surface area (Å²) in [4.78, 5) is -0.323. The molecule has 0 spiro atoms. The largest absolute Gasteiger partial charge is 0.384 e. The molecular formula is C14H16FNO3S2. The molecule has 7 heteroatoms. The normalized spacial score (nSPS) is 19.9. The van der Waals surface area contributed by atoms with E-state index in [0.29, 0.717) is 23.6 Å². The quantitative estimate of drug-likeness (QED) is 0.831. The summed E-state index contributed by atoms with van der Waals surface area (Å²) in [6, 6.07) is 3.61. The van der Waals surface area contributed by atoms with Gasteiger partial charge in [0.25, 0.3) is 0 Å². The summed E-state index contributed by atoms with van der Waals surface area (Å²) in [5.41, 5.74) is 0.336. The maximum absolute atomic E-state index is 14.1. The monoisotopic (exact) mass is 329 g/mol. The fourth-order valence-corrected chi connectivity index (χ4v) is 5.03. The number of sulfonamides is 1. The molecule has 1 aromatic carbocycles. The van der Waals surface area contributed by atoms with Crippen molar-refractivity contribution in [2.75, 3.05) is 24.7 Å². The van der Waals surface area contributed by atoms with Gasteiger partial charge < -0.3 is 5.11 Å². The van der Waals surface area contributed by atoms with Crippen molar-refractivity contribution in [2.24, 2.45) is 0 Å². The van der Waals surface area contributed by atoms with Crippen molar-refractivity contribution in [2.45, 2.75) is 17.9 Å². The van der Waals surface area contributed by atoms with Gasteiger partial charge in [-0.15, -0.1) is 0 Å². The first-order valence-electron chi connectivity index (χ1n) is 6.45. The van der Waals surface area contributed by atoms with Gasteiger partial charge >= 0.3 is 0 Å². The molecule has 0 amide bonds. The zero-order valence-electron chi connectivity index (χ0n) is 11.5. The van der Waals surface area contributed by atoms with Crippen molar-refractivity contribution in [1.82, 2.24) is 4.31 Å². The number of thioether (sulfide) groups is 1. The van der Waals surface area contributed by atoms with Crippen LogP contribution in [0.15, 0.2) is 23.1 Å². The number of benzene rings is 1. The van der Waals surface area contributed by atoms with Gasteiger partial charge in [0, 0.05) is 29.7 Å². The van der Waals surface area contributed by atoms with Crippen molar-refractivity contribution in [1.29, 1.82) is 0 Å². The average molecular weight is 329 g/mol. The number of rotatable bonds is 2. The van der Waals surface area contributed by atoms with E-state index in [9.17, 15) is 12.8 Å². The van der Waals surface area contributed by atoms with Crippen molar-refractivity contribution < 1.29 is 17.9 Å². The maximum atomic E-state index is 14.1. The van der Waals surface area contributed by atoms with Crippen LogP contribution >= 0.6 is 11.8 Å². The fraction of sp³-hybridized carbons (Fsp3) is 0.429. The van der Waals surface area contributed by atoms with Crippen LogP contribution in [-0.4, -0.2) is 48.5 Å². The molecule has 2 rings (SSSR count). The van der Waals surface area contributed by atoms with E-state index in [-0.39, 0.29) is 17.5 Å². The Bertz CT molecular complexity index is 679. The minimum absolute atomic E-state index is 0.151. The number of aliphatic hydroxyl groups is 1. The van der Waals surface area contributed by atoms with E-state index in [2.05, 4.69) is 11.8 Å². The summed E-state index contributed by atoms with van der Waals surface area (Å²) >= 11 is 1.69. The molecule has 0 aliphatic carbocycles. The third kappa shape index (κ3) is 3.58. The Morgan fingerprint density at radius 2 is 2.29 bits per heavy atom. The van der Waals surface area contributed by atoms with E-state index in [1.165, 1.54) is 16.4 Å². The first-order valence-corrected chi connectivity index (χ1v) is 9.05. The van der Waals surface area contributed by atoms with E-state index in [1.807, 2.05) is 6.92 Å². The summed E-state index contributed by atoms with van der Waals surface area (Å²) in [6.45, 7) is 1.88. The zero-order valence-corrected chi connectivity index (χ0v) is 13.2. The van der Waals surface area contributed by atoms with Crippen LogP contribution in [0.1, 0.15) is 12.5 Å². The second-order valence-corrected chi connectivity index (χ2v) is 7.65. The lowest BCUT2D eigenvalue weighted by Gasteiger charge is -2.32. The number of hydrogen-bond acceptors (Lipinski definition) is 4. The lowest BCUT2D eigenvalue weighted by molar-refractivity contribution is 0.350. The van der Waals surface area contributed by atoms with E-state index >= 15 is 0 Å². The molecule has 0 saturated carbocycles. The zero-order chi connectivity index (χ0) is 15.5. The molecule has 4 nitrogen and oxygen atoms in total. The molecule has 0 bridgehead atoms. The van der Waals surface area contributed by atoms with Gasteiger partial charge in [-0.25, -0.2) is 12.8 Å². The van der Waals surface area contributed by atoms with Gasteiger partial charge in [0.15, 0.2) is 0 Å². The minimum atomic E-state index is -3.83. The molecule has 1 aromatic rings. The predicted molar refractivity (Wildman–Crippen MR) is 81.0 cm³/mol.